The molecule has 5 heteroatoms. The molecule has 0 amide bonds. The molecule has 2 aromatic rings. The molecule has 1 atom stereocenters. The molecular weight excluding hydrogens is 252 g/mol. The Bertz CT molecular complexity index is 529. The summed E-state index contributed by atoms with van der Waals surface area (Å²) < 4.78 is 7.74. The first-order valence-electron chi connectivity index (χ1n) is 7.30. The number of hydrogen-bond donors (Lipinski definition) is 1. The first-order valence-corrected chi connectivity index (χ1v) is 7.30. The molecular formula is C15H24N4O. The SMILES string of the molecule is CCCNC(Cc1ncnn1C(C)C)c1ccc(C)o1. The highest BCUT2D eigenvalue weighted by Gasteiger charge is 2.19. The molecule has 1 N–H and O–H groups in total. The van der Waals surface area contributed by atoms with Gasteiger partial charge in [-0.25, -0.2) is 9.67 Å². The smallest absolute Gasteiger partial charge is 0.138 e. The molecule has 0 saturated heterocycles. The van der Waals surface area contributed by atoms with Crippen molar-refractivity contribution in [3.8, 4) is 0 Å². The van der Waals surface area contributed by atoms with Crippen molar-refractivity contribution in [2.75, 3.05) is 6.54 Å². The lowest BCUT2D eigenvalue weighted by Crippen LogP contribution is -2.25. The van der Waals surface area contributed by atoms with Crippen molar-refractivity contribution >= 4 is 0 Å². The minimum Gasteiger partial charge on any atom is -0.465 e. The third-order valence-electron chi connectivity index (χ3n) is 3.27. The number of hydrogen-bond acceptors (Lipinski definition) is 4. The quantitative estimate of drug-likeness (QED) is 0.844. The molecule has 110 valence electrons. The third-order valence-corrected chi connectivity index (χ3v) is 3.27. The van der Waals surface area contributed by atoms with Crippen molar-refractivity contribution in [2.45, 2.75) is 52.6 Å². The molecule has 0 saturated carbocycles. The molecule has 0 aliphatic heterocycles. The van der Waals surface area contributed by atoms with Crippen molar-refractivity contribution in [3.63, 3.8) is 0 Å². The van der Waals surface area contributed by atoms with Gasteiger partial charge < -0.3 is 9.73 Å². The van der Waals surface area contributed by atoms with Crippen molar-refractivity contribution < 1.29 is 4.42 Å². The lowest BCUT2D eigenvalue weighted by Gasteiger charge is -2.17. The van der Waals surface area contributed by atoms with E-state index in [0.29, 0.717) is 6.04 Å². The predicted octanol–water partition coefficient (Wildman–Crippen LogP) is 3.04. The first-order chi connectivity index (χ1) is 9.61. The molecule has 0 spiro atoms. The summed E-state index contributed by atoms with van der Waals surface area (Å²) in [6, 6.07) is 4.50. The predicted molar refractivity (Wildman–Crippen MR) is 78.6 cm³/mol. The van der Waals surface area contributed by atoms with Crippen LogP contribution in [0.4, 0.5) is 0 Å². The van der Waals surface area contributed by atoms with Crippen molar-refractivity contribution in [3.05, 3.63) is 35.8 Å². The van der Waals surface area contributed by atoms with Crippen LogP contribution in [0.3, 0.4) is 0 Å². The molecule has 0 fully saturated rings. The van der Waals surface area contributed by atoms with Crippen molar-refractivity contribution in [1.82, 2.24) is 20.1 Å². The maximum Gasteiger partial charge on any atom is 0.138 e. The van der Waals surface area contributed by atoms with Crippen molar-refractivity contribution in [2.24, 2.45) is 0 Å². The van der Waals surface area contributed by atoms with E-state index in [0.717, 1.165) is 36.7 Å². The topological polar surface area (TPSA) is 55.9 Å². The van der Waals surface area contributed by atoms with Crippen LogP contribution >= 0.6 is 0 Å². The minimum absolute atomic E-state index is 0.144. The maximum absolute atomic E-state index is 5.77. The van der Waals surface area contributed by atoms with Gasteiger partial charge in [-0.15, -0.1) is 0 Å². The monoisotopic (exact) mass is 276 g/mol. The van der Waals surface area contributed by atoms with E-state index >= 15 is 0 Å². The lowest BCUT2D eigenvalue weighted by atomic mass is 10.1. The summed E-state index contributed by atoms with van der Waals surface area (Å²) in [6.07, 6.45) is 3.50. The molecule has 2 heterocycles. The highest BCUT2D eigenvalue weighted by atomic mass is 16.3. The second kappa shape index (κ2) is 6.70. The Hall–Kier alpha value is -1.62. The van der Waals surface area contributed by atoms with Crippen LogP contribution in [0, 0.1) is 6.92 Å². The summed E-state index contributed by atoms with van der Waals surface area (Å²) >= 11 is 0. The summed E-state index contributed by atoms with van der Waals surface area (Å²) in [5.41, 5.74) is 0. The minimum atomic E-state index is 0.144. The van der Waals surface area contributed by atoms with Gasteiger partial charge in [0.2, 0.25) is 0 Å². The highest BCUT2D eigenvalue weighted by molar-refractivity contribution is 5.11. The average Bonchev–Trinajstić information content (AvgIpc) is 3.03. The highest BCUT2D eigenvalue weighted by Crippen LogP contribution is 2.21. The van der Waals surface area contributed by atoms with Crippen LogP contribution < -0.4 is 5.32 Å². The van der Waals surface area contributed by atoms with Gasteiger partial charge in [0.05, 0.1) is 6.04 Å². The fraction of sp³-hybridized carbons (Fsp3) is 0.600. The van der Waals surface area contributed by atoms with Gasteiger partial charge in [0.1, 0.15) is 23.7 Å². The van der Waals surface area contributed by atoms with Crippen LogP contribution in [0.25, 0.3) is 0 Å². The van der Waals surface area contributed by atoms with Gasteiger partial charge in [-0.05, 0) is 45.9 Å². The van der Waals surface area contributed by atoms with Gasteiger partial charge in [-0.1, -0.05) is 6.92 Å². The lowest BCUT2D eigenvalue weighted by molar-refractivity contribution is 0.384. The normalized spacial score (nSPS) is 13.1. The number of aryl methyl sites for hydroxylation is 1. The van der Waals surface area contributed by atoms with E-state index in [1.807, 2.05) is 23.7 Å². The van der Waals surface area contributed by atoms with Gasteiger partial charge >= 0.3 is 0 Å². The molecule has 0 aromatic carbocycles. The molecule has 2 rings (SSSR count). The number of furan rings is 1. The van der Waals surface area contributed by atoms with E-state index in [-0.39, 0.29) is 6.04 Å². The van der Waals surface area contributed by atoms with E-state index in [1.54, 1.807) is 6.33 Å². The van der Waals surface area contributed by atoms with Gasteiger partial charge in [0, 0.05) is 12.5 Å². The second-order valence-electron chi connectivity index (χ2n) is 5.37. The number of rotatable bonds is 7. The molecule has 0 bridgehead atoms. The average molecular weight is 276 g/mol. The van der Waals surface area contributed by atoms with Gasteiger partial charge in [0.15, 0.2) is 0 Å². The van der Waals surface area contributed by atoms with Crippen LogP contribution in [-0.4, -0.2) is 21.3 Å². The Labute approximate surface area is 120 Å². The zero-order valence-corrected chi connectivity index (χ0v) is 12.8. The fourth-order valence-corrected chi connectivity index (χ4v) is 2.27. The summed E-state index contributed by atoms with van der Waals surface area (Å²) in [5.74, 6) is 2.89. The molecule has 0 aliphatic rings. The molecule has 0 radical (unpaired) electrons. The summed E-state index contributed by atoms with van der Waals surface area (Å²) in [5, 5.41) is 7.82. The Kier molecular flexibility index (Phi) is 4.95. The Morgan fingerprint density at radius 1 is 1.35 bits per heavy atom. The Balaban J connectivity index is 2.17. The van der Waals surface area contributed by atoms with Crippen LogP contribution in [-0.2, 0) is 6.42 Å². The number of aromatic nitrogens is 3. The van der Waals surface area contributed by atoms with E-state index in [1.165, 1.54) is 0 Å². The van der Waals surface area contributed by atoms with E-state index < -0.39 is 0 Å². The fourth-order valence-electron chi connectivity index (χ4n) is 2.27. The third kappa shape index (κ3) is 3.48. The van der Waals surface area contributed by atoms with Gasteiger partial charge in [-0.2, -0.15) is 5.10 Å². The van der Waals surface area contributed by atoms with Gasteiger partial charge in [0.25, 0.3) is 0 Å². The summed E-state index contributed by atoms with van der Waals surface area (Å²) in [7, 11) is 0. The molecule has 2 aromatic heterocycles. The van der Waals surface area contributed by atoms with Crippen LogP contribution in [0.2, 0.25) is 0 Å². The van der Waals surface area contributed by atoms with E-state index in [9.17, 15) is 0 Å². The summed E-state index contributed by atoms with van der Waals surface area (Å²) in [4.78, 5) is 4.39. The van der Waals surface area contributed by atoms with Crippen LogP contribution in [0.15, 0.2) is 22.9 Å². The molecule has 20 heavy (non-hydrogen) atoms. The number of nitrogens with zero attached hydrogens (tertiary/aromatic N) is 3. The first kappa shape index (κ1) is 14.8. The summed E-state index contributed by atoms with van der Waals surface area (Å²) in [6.45, 7) is 9.32. The van der Waals surface area contributed by atoms with E-state index in [2.05, 4.69) is 36.2 Å². The zero-order valence-electron chi connectivity index (χ0n) is 12.8. The number of nitrogens with one attached hydrogen (secondary N) is 1. The standard InChI is InChI=1S/C15H24N4O/c1-5-8-16-13(14-7-6-12(4)20-14)9-15-17-10-18-19(15)11(2)3/h6-7,10-11,13,16H,5,8-9H2,1-4H3. The molecule has 1 unspecified atom stereocenters. The maximum atomic E-state index is 5.77. The Morgan fingerprint density at radius 2 is 2.15 bits per heavy atom. The largest absolute Gasteiger partial charge is 0.465 e. The van der Waals surface area contributed by atoms with Crippen LogP contribution in [0.1, 0.15) is 56.6 Å². The zero-order chi connectivity index (χ0) is 14.5. The van der Waals surface area contributed by atoms with Crippen LogP contribution in [0.5, 0.6) is 0 Å². The van der Waals surface area contributed by atoms with Gasteiger partial charge in [-0.3, -0.25) is 0 Å². The van der Waals surface area contributed by atoms with E-state index in [4.69, 9.17) is 4.42 Å². The molecule has 0 aliphatic carbocycles. The van der Waals surface area contributed by atoms with Crippen molar-refractivity contribution in [1.29, 1.82) is 0 Å². The second-order valence-corrected chi connectivity index (χ2v) is 5.37. The molecule has 5 nitrogen and oxygen atoms in total. The Morgan fingerprint density at radius 3 is 2.75 bits per heavy atom.